The summed E-state index contributed by atoms with van der Waals surface area (Å²) < 4.78 is 0. The molecule has 21 heavy (non-hydrogen) atoms. The van der Waals surface area contributed by atoms with E-state index in [1.807, 2.05) is 4.90 Å². The lowest BCUT2D eigenvalue weighted by molar-refractivity contribution is 0.0703. The summed E-state index contributed by atoms with van der Waals surface area (Å²) in [7, 11) is 0. The summed E-state index contributed by atoms with van der Waals surface area (Å²) >= 11 is 0. The Hall–Kier alpha value is -1.75. The first-order chi connectivity index (χ1) is 10.1. The van der Waals surface area contributed by atoms with E-state index in [1.165, 1.54) is 18.2 Å². The Labute approximate surface area is 124 Å². The zero-order valence-electron chi connectivity index (χ0n) is 12.1. The van der Waals surface area contributed by atoms with Crippen molar-refractivity contribution in [2.75, 3.05) is 19.6 Å². The monoisotopic (exact) mass is 290 g/mol. The minimum absolute atomic E-state index is 0.0755. The number of aromatic hydroxyl groups is 2. The van der Waals surface area contributed by atoms with E-state index >= 15 is 0 Å². The molecule has 0 radical (unpaired) electrons. The van der Waals surface area contributed by atoms with Gasteiger partial charge in [-0.25, -0.2) is 0 Å². The number of nitrogens with one attached hydrogen (secondary N) is 1. The van der Waals surface area contributed by atoms with Crippen LogP contribution in [0.1, 0.15) is 36.0 Å². The van der Waals surface area contributed by atoms with E-state index in [1.54, 1.807) is 0 Å². The summed E-state index contributed by atoms with van der Waals surface area (Å²) in [5.74, 6) is 0.255. The number of carbonyl (C=O) groups excluding carboxylic acids is 1. The maximum Gasteiger partial charge on any atom is 0.254 e. The molecular weight excluding hydrogens is 268 g/mol. The maximum atomic E-state index is 12.7. The Balaban J connectivity index is 1.74. The number of rotatable bonds is 4. The second-order valence-electron chi connectivity index (χ2n) is 6.14. The fourth-order valence-corrected chi connectivity index (χ4v) is 3.03. The molecule has 1 aromatic rings. The van der Waals surface area contributed by atoms with Gasteiger partial charge in [-0.05, 0) is 56.8 Å². The summed E-state index contributed by atoms with van der Waals surface area (Å²) in [5, 5.41) is 22.5. The van der Waals surface area contributed by atoms with Crippen molar-refractivity contribution in [3.8, 4) is 11.5 Å². The molecule has 1 saturated carbocycles. The third kappa shape index (κ3) is 3.47. The molecule has 3 N–H and O–H groups in total. The van der Waals surface area contributed by atoms with Crippen LogP contribution in [0.2, 0.25) is 0 Å². The van der Waals surface area contributed by atoms with Crippen molar-refractivity contribution in [2.24, 2.45) is 5.92 Å². The van der Waals surface area contributed by atoms with Crippen LogP contribution in [0.25, 0.3) is 0 Å². The van der Waals surface area contributed by atoms with E-state index in [2.05, 4.69) is 5.32 Å². The minimum Gasteiger partial charge on any atom is -0.508 e. The minimum atomic E-state index is -0.0886. The molecule has 2 fully saturated rings. The average Bonchev–Trinajstić information content (AvgIpc) is 3.29. The standard InChI is InChI=1S/C16H22N2O3/c19-14-6-12(7-15(20)8-14)16(21)18(13-3-4-13)10-11-2-1-5-17-9-11/h6-8,11,13,17,19-20H,1-5,9-10H2. The molecular formula is C16H22N2O3. The maximum absolute atomic E-state index is 12.7. The summed E-state index contributed by atoms with van der Waals surface area (Å²) in [6, 6.07) is 4.42. The van der Waals surface area contributed by atoms with Crippen LogP contribution in [0.4, 0.5) is 0 Å². The third-order valence-corrected chi connectivity index (χ3v) is 4.25. The number of phenols is 2. The molecule has 1 aliphatic carbocycles. The average molecular weight is 290 g/mol. The molecule has 1 aliphatic heterocycles. The fourth-order valence-electron chi connectivity index (χ4n) is 3.03. The SMILES string of the molecule is O=C(c1cc(O)cc(O)c1)N(CC1CCCNC1)C1CC1. The van der Waals surface area contributed by atoms with E-state index < -0.39 is 0 Å². The topological polar surface area (TPSA) is 72.8 Å². The van der Waals surface area contributed by atoms with Gasteiger partial charge in [0.1, 0.15) is 11.5 Å². The summed E-state index contributed by atoms with van der Waals surface area (Å²) in [5.41, 5.74) is 0.364. The van der Waals surface area contributed by atoms with Gasteiger partial charge in [0.25, 0.3) is 5.91 Å². The highest BCUT2D eigenvalue weighted by atomic mass is 16.3. The molecule has 5 heteroatoms. The number of hydrogen-bond acceptors (Lipinski definition) is 4. The first-order valence-electron chi connectivity index (χ1n) is 7.68. The number of benzene rings is 1. The molecule has 1 aromatic carbocycles. The van der Waals surface area contributed by atoms with Gasteiger partial charge in [0.15, 0.2) is 0 Å². The largest absolute Gasteiger partial charge is 0.508 e. The molecule has 5 nitrogen and oxygen atoms in total. The second kappa shape index (κ2) is 5.93. The van der Waals surface area contributed by atoms with Crippen molar-refractivity contribution in [1.29, 1.82) is 0 Å². The number of carbonyl (C=O) groups is 1. The van der Waals surface area contributed by atoms with Crippen LogP contribution in [-0.4, -0.2) is 46.7 Å². The lowest BCUT2D eigenvalue weighted by atomic mass is 9.98. The van der Waals surface area contributed by atoms with Crippen LogP contribution in [0.15, 0.2) is 18.2 Å². The van der Waals surface area contributed by atoms with Crippen LogP contribution in [0, 0.1) is 5.92 Å². The van der Waals surface area contributed by atoms with Crippen LogP contribution in [0.5, 0.6) is 11.5 Å². The molecule has 0 bridgehead atoms. The molecule has 1 unspecified atom stereocenters. The number of hydrogen-bond donors (Lipinski definition) is 3. The van der Waals surface area contributed by atoms with Gasteiger partial charge in [-0.15, -0.1) is 0 Å². The second-order valence-corrected chi connectivity index (χ2v) is 6.14. The van der Waals surface area contributed by atoms with Crippen molar-refractivity contribution >= 4 is 5.91 Å². The highest BCUT2D eigenvalue weighted by Crippen LogP contribution is 2.31. The Morgan fingerprint density at radius 3 is 2.48 bits per heavy atom. The molecule has 1 heterocycles. The van der Waals surface area contributed by atoms with Crippen molar-refractivity contribution in [3.63, 3.8) is 0 Å². The first-order valence-corrected chi connectivity index (χ1v) is 7.68. The van der Waals surface area contributed by atoms with Gasteiger partial charge < -0.3 is 20.4 Å². The molecule has 2 aliphatic rings. The molecule has 114 valence electrons. The molecule has 3 rings (SSSR count). The van der Waals surface area contributed by atoms with Crippen molar-refractivity contribution in [1.82, 2.24) is 10.2 Å². The number of nitrogens with zero attached hydrogens (tertiary/aromatic N) is 1. The number of amides is 1. The zero-order valence-corrected chi connectivity index (χ0v) is 12.1. The van der Waals surface area contributed by atoms with Gasteiger partial charge in [-0.1, -0.05) is 0 Å². The van der Waals surface area contributed by atoms with E-state index in [4.69, 9.17) is 0 Å². The van der Waals surface area contributed by atoms with Gasteiger partial charge in [-0.2, -0.15) is 0 Å². The summed E-state index contributed by atoms with van der Waals surface area (Å²) in [6.45, 7) is 2.78. The Bertz CT molecular complexity index is 502. The third-order valence-electron chi connectivity index (χ3n) is 4.25. The van der Waals surface area contributed by atoms with E-state index in [0.717, 1.165) is 45.3 Å². The zero-order chi connectivity index (χ0) is 14.8. The van der Waals surface area contributed by atoms with Gasteiger partial charge in [0.2, 0.25) is 0 Å². The lowest BCUT2D eigenvalue weighted by Crippen LogP contribution is -2.42. The Morgan fingerprint density at radius 1 is 1.19 bits per heavy atom. The summed E-state index contributed by atoms with van der Waals surface area (Å²) in [6.07, 6.45) is 4.41. The quantitative estimate of drug-likeness (QED) is 0.789. The normalized spacial score (nSPS) is 22.0. The van der Waals surface area contributed by atoms with E-state index in [9.17, 15) is 15.0 Å². The van der Waals surface area contributed by atoms with Gasteiger partial charge in [0.05, 0.1) is 0 Å². The van der Waals surface area contributed by atoms with Gasteiger partial charge in [-0.3, -0.25) is 4.79 Å². The predicted octanol–water partition coefficient (Wildman–Crippen LogP) is 1.70. The molecule has 1 amide bonds. The van der Waals surface area contributed by atoms with Crippen molar-refractivity contribution in [2.45, 2.75) is 31.7 Å². The van der Waals surface area contributed by atoms with E-state index in [-0.39, 0.29) is 17.4 Å². The van der Waals surface area contributed by atoms with Crippen LogP contribution in [-0.2, 0) is 0 Å². The van der Waals surface area contributed by atoms with Crippen molar-refractivity contribution in [3.05, 3.63) is 23.8 Å². The fraction of sp³-hybridized carbons (Fsp3) is 0.562. The Kier molecular flexibility index (Phi) is 4.01. The first kappa shape index (κ1) is 14.2. The van der Waals surface area contributed by atoms with Gasteiger partial charge in [0, 0.05) is 24.2 Å². The van der Waals surface area contributed by atoms with Crippen LogP contribution in [0.3, 0.4) is 0 Å². The van der Waals surface area contributed by atoms with Crippen LogP contribution >= 0.6 is 0 Å². The number of piperidine rings is 1. The highest BCUT2D eigenvalue weighted by molar-refractivity contribution is 5.95. The highest BCUT2D eigenvalue weighted by Gasteiger charge is 2.34. The smallest absolute Gasteiger partial charge is 0.254 e. The molecule has 0 spiro atoms. The summed E-state index contributed by atoms with van der Waals surface area (Å²) in [4.78, 5) is 14.6. The van der Waals surface area contributed by atoms with Gasteiger partial charge >= 0.3 is 0 Å². The number of phenolic OH excluding ortho intramolecular Hbond substituents is 2. The van der Waals surface area contributed by atoms with Crippen molar-refractivity contribution < 1.29 is 15.0 Å². The van der Waals surface area contributed by atoms with E-state index in [0.29, 0.717) is 17.5 Å². The molecule has 1 saturated heterocycles. The molecule has 0 aromatic heterocycles. The molecule has 1 atom stereocenters. The predicted molar refractivity (Wildman–Crippen MR) is 79.4 cm³/mol. The van der Waals surface area contributed by atoms with Crippen LogP contribution < -0.4 is 5.32 Å². The Morgan fingerprint density at radius 2 is 1.90 bits per heavy atom. The lowest BCUT2D eigenvalue weighted by Gasteiger charge is -2.30.